The molecule has 0 saturated carbocycles. The number of nitrogens with zero attached hydrogens (tertiary/aromatic N) is 1. The van der Waals surface area contributed by atoms with Crippen LogP contribution in [0, 0.1) is 0 Å². The third-order valence-electron chi connectivity index (χ3n) is 4.47. The van der Waals surface area contributed by atoms with E-state index >= 15 is 0 Å². The van der Waals surface area contributed by atoms with E-state index in [1.54, 1.807) is 36.4 Å². The Morgan fingerprint density at radius 3 is 2.39 bits per heavy atom. The first kappa shape index (κ1) is 20.3. The van der Waals surface area contributed by atoms with Crippen molar-refractivity contribution in [2.75, 3.05) is 32.6 Å². The second kappa shape index (κ2) is 8.72. The molecule has 0 aromatic heterocycles. The number of hydrogen-bond acceptors (Lipinski definition) is 5. The van der Waals surface area contributed by atoms with Crippen molar-refractivity contribution in [3.05, 3.63) is 54.1 Å². The summed E-state index contributed by atoms with van der Waals surface area (Å²) in [5, 5.41) is 2.75. The van der Waals surface area contributed by atoms with E-state index in [1.165, 1.54) is 26.2 Å². The van der Waals surface area contributed by atoms with Gasteiger partial charge in [0.2, 0.25) is 10.0 Å². The minimum atomic E-state index is -3.49. The Hall–Kier alpha value is -2.42. The monoisotopic (exact) mass is 404 g/mol. The van der Waals surface area contributed by atoms with Gasteiger partial charge in [0, 0.05) is 32.0 Å². The van der Waals surface area contributed by atoms with Gasteiger partial charge >= 0.3 is 0 Å². The first-order valence-electron chi connectivity index (χ1n) is 9.04. The maximum atomic E-state index is 12.4. The van der Waals surface area contributed by atoms with E-state index in [2.05, 4.69) is 5.32 Å². The van der Waals surface area contributed by atoms with Crippen LogP contribution in [0.2, 0.25) is 0 Å². The van der Waals surface area contributed by atoms with Crippen LogP contribution < -0.4 is 10.1 Å². The SMILES string of the molecule is CN(C)S(=O)(=O)c1ccc(NC(=O)c2ccc(OC[C@H]3CCCO3)cc2)cc1. The first-order valence-corrected chi connectivity index (χ1v) is 10.5. The Labute approximate surface area is 165 Å². The number of ether oxygens (including phenoxy) is 2. The molecular weight excluding hydrogens is 380 g/mol. The normalized spacial score (nSPS) is 16.9. The summed E-state index contributed by atoms with van der Waals surface area (Å²) in [6, 6.07) is 12.9. The molecule has 1 aliphatic heterocycles. The van der Waals surface area contributed by atoms with Crippen molar-refractivity contribution in [1.82, 2.24) is 4.31 Å². The molecule has 1 saturated heterocycles. The van der Waals surface area contributed by atoms with Crippen LogP contribution in [0.3, 0.4) is 0 Å². The molecular formula is C20H24N2O5S. The fraction of sp³-hybridized carbons (Fsp3) is 0.350. The van der Waals surface area contributed by atoms with Gasteiger partial charge in [0.15, 0.2) is 0 Å². The molecule has 150 valence electrons. The van der Waals surface area contributed by atoms with Gasteiger partial charge in [-0.15, -0.1) is 0 Å². The molecule has 1 atom stereocenters. The largest absolute Gasteiger partial charge is 0.491 e. The molecule has 1 heterocycles. The molecule has 7 nitrogen and oxygen atoms in total. The molecule has 2 aromatic rings. The molecule has 28 heavy (non-hydrogen) atoms. The van der Waals surface area contributed by atoms with Gasteiger partial charge in [0.05, 0.1) is 11.0 Å². The Kier molecular flexibility index (Phi) is 6.33. The lowest BCUT2D eigenvalue weighted by Crippen LogP contribution is -2.22. The van der Waals surface area contributed by atoms with Gasteiger partial charge in [0.25, 0.3) is 5.91 Å². The van der Waals surface area contributed by atoms with Crippen LogP contribution in [0.25, 0.3) is 0 Å². The smallest absolute Gasteiger partial charge is 0.255 e. The number of amides is 1. The second-order valence-corrected chi connectivity index (χ2v) is 8.89. The van der Waals surface area contributed by atoms with Crippen molar-refractivity contribution in [1.29, 1.82) is 0 Å². The summed E-state index contributed by atoms with van der Waals surface area (Å²) in [5.74, 6) is 0.402. The third-order valence-corrected chi connectivity index (χ3v) is 6.30. The second-order valence-electron chi connectivity index (χ2n) is 6.74. The highest BCUT2D eigenvalue weighted by Crippen LogP contribution is 2.19. The Morgan fingerprint density at radius 2 is 1.82 bits per heavy atom. The average Bonchev–Trinajstić information content (AvgIpc) is 3.20. The van der Waals surface area contributed by atoms with Crippen LogP contribution in [0.4, 0.5) is 5.69 Å². The van der Waals surface area contributed by atoms with Gasteiger partial charge in [0.1, 0.15) is 12.4 Å². The standard InChI is InChI=1S/C20H24N2O5S/c1-22(2)28(24,25)19-11-7-16(8-12-19)21-20(23)15-5-9-17(10-6-15)27-14-18-4-3-13-26-18/h5-12,18H,3-4,13-14H2,1-2H3,(H,21,23)/t18-/m1/s1. The molecule has 2 aromatic carbocycles. The summed E-state index contributed by atoms with van der Waals surface area (Å²) in [7, 11) is -0.550. The summed E-state index contributed by atoms with van der Waals surface area (Å²) < 4.78 is 36.5. The van der Waals surface area contributed by atoms with Crippen LogP contribution in [0.5, 0.6) is 5.75 Å². The average molecular weight is 404 g/mol. The van der Waals surface area contributed by atoms with E-state index in [0.717, 1.165) is 23.8 Å². The summed E-state index contributed by atoms with van der Waals surface area (Å²) in [6.07, 6.45) is 2.21. The summed E-state index contributed by atoms with van der Waals surface area (Å²) in [6.45, 7) is 1.29. The summed E-state index contributed by atoms with van der Waals surface area (Å²) in [4.78, 5) is 12.6. The van der Waals surface area contributed by atoms with Gasteiger partial charge < -0.3 is 14.8 Å². The summed E-state index contributed by atoms with van der Waals surface area (Å²) in [5.41, 5.74) is 0.996. The quantitative estimate of drug-likeness (QED) is 0.767. The van der Waals surface area contributed by atoms with E-state index in [4.69, 9.17) is 9.47 Å². The van der Waals surface area contributed by atoms with Gasteiger partial charge in [-0.2, -0.15) is 0 Å². The maximum Gasteiger partial charge on any atom is 0.255 e. The zero-order chi connectivity index (χ0) is 20.1. The number of sulfonamides is 1. The van der Waals surface area contributed by atoms with E-state index in [-0.39, 0.29) is 16.9 Å². The Bertz CT molecular complexity index is 903. The van der Waals surface area contributed by atoms with Crippen molar-refractivity contribution in [2.45, 2.75) is 23.8 Å². The lowest BCUT2D eigenvalue weighted by atomic mass is 10.2. The molecule has 0 radical (unpaired) electrons. The predicted molar refractivity (Wildman–Crippen MR) is 106 cm³/mol. The van der Waals surface area contributed by atoms with Gasteiger partial charge in [-0.05, 0) is 61.4 Å². The third kappa shape index (κ3) is 4.89. The van der Waals surface area contributed by atoms with Crippen molar-refractivity contribution >= 4 is 21.6 Å². The van der Waals surface area contributed by atoms with Gasteiger partial charge in [-0.3, -0.25) is 4.79 Å². The highest BCUT2D eigenvalue weighted by molar-refractivity contribution is 7.89. The Morgan fingerprint density at radius 1 is 1.14 bits per heavy atom. The molecule has 0 bridgehead atoms. The number of hydrogen-bond donors (Lipinski definition) is 1. The topological polar surface area (TPSA) is 84.9 Å². The number of carbonyl (C=O) groups is 1. The van der Waals surface area contributed by atoms with Crippen LogP contribution in [0.15, 0.2) is 53.4 Å². The minimum absolute atomic E-state index is 0.141. The molecule has 0 aliphatic carbocycles. The van der Waals surface area contributed by atoms with Crippen molar-refractivity contribution in [3.63, 3.8) is 0 Å². The fourth-order valence-electron chi connectivity index (χ4n) is 2.79. The van der Waals surface area contributed by atoms with Gasteiger partial charge in [-0.25, -0.2) is 12.7 Å². The lowest BCUT2D eigenvalue weighted by Gasteiger charge is -2.12. The molecule has 1 amide bonds. The zero-order valence-electron chi connectivity index (χ0n) is 15.9. The number of anilines is 1. The molecule has 3 rings (SSSR count). The van der Waals surface area contributed by atoms with Gasteiger partial charge in [-0.1, -0.05) is 0 Å². The zero-order valence-corrected chi connectivity index (χ0v) is 16.7. The first-order chi connectivity index (χ1) is 13.4. The Balaban J connectivity index is 1.58. The summed E-state index contributed by atoms with van der Waals surface area (Å²) >= 11 is 0. The minimum Gasteiger partial charge on any atom is -0.491 e. The number of nitrogens with one attached hydrogen (secondary N) is 1. The van der Waals surface area contributed by atoms with Crippen molar-refractivity contribution < 1.29 is 22.7 Å². The highest BCUT2D eigenvalue weighted by Gasteiger charge is 2.17. The number of benzene rings is 2. The molecule has 1 fully saturated rings. The van der Waals surface area contributed by atoms with Crippen LogP contribution in [-0.4, -0.2) is 52.0 Å². The molecule has 0 unspecified atom stereocenters. The van der Waals surface area contributed by atoms with Crippen LogP contribution in [-0.2, 0) is 14.8 Å². The van der Waals surface area contributed by atoms with E-state index in [1.807, 2.05) is 0 Å². The van der Waals surface area contributed by atoms with Crippen LogP contribution in [0.1, 0.15) is 23.2 Å². The van der Waals surface area contributed by atoms with E-state index in [9.17, 15) is 13.2 Å². The van der Waals surface area contributed by atoms with Crippen molar-refractivity contribution in [3.8, 4) is 5.75 Å². The lowest BCUT2D eigenvalue weighted by molar-refractivity contribution is 0.0679. The van der Waals surface area contributed by atoms with E-state index < -0.39 is 10.0 Å². The number of rotatable bonds is 7. The molecule has 8 heteroatoms. The maximum absolute atomic E-state index is 12.4. The highest BCUT2D eigenvalue weighted by atomic mass is 32.2. The molecule has 0 spiro atoms. The van der Waals surface area contributed by atoms with E-state index in [0.29, 0.717) is 23.6 Å². The van der Waals surface area contributed by atoms with Crippen LogP contribution >= 0.6 is 0 Å². The fourth-order valence-corrected chi connectivity index (χ4v) is 3.69. The number of carbonyl (C=O) groups excluding carboxylic acids is 1. The predicted octanol–water partition coefficient (Wildman–Crippen LogP) is 2.75. The molecule has 1 N–H and O–H groups in total. The van der Waals surface area contributed by atoms with Crippen molar-refractivity contribution in [2.24, 2.45) is 0 Å². The molecule has 1 aliphatic rings.